The SMILES string of the molecule is CN=C(NCc1cccc(Cn2cccn2)c1)N1CCC(CC(=O)NC)CC1. The van der Waals surface area contributed by atoms with Crippen LogP contribution in [0.4, 0.5) is 0 Å². The van der Waals surface area contributed by atoms with Crippen LogP contribution in [0.2, 0.25) is 0 Å². The van der Waals surface area contributed by atoms with Crippen molar-refractivity contribution in [2.75, 3.05) is 27.2 Å². The zero-order valence-corrected chi connectivity index (χ0v) is 16.8. The number of benzene rings is 1. The molecule has 28 heavy (non-hydrogen) atoms. The summed E-state index contributed by atoms with van der Waals surface area (Å²) in [6, 6.07) is 10.5. The molecule has 1 saturated heterocycles. The summed E-state index contributed by atoms with van der Waals surface area (Å²) < 4.78 is 1.93. The van der Waals surface area contributed by atoms with E-state index in [2.05, 4.69) is 49.9 Å². The molecular weight excluding hydrogens is 352 g/mol. The third-order valence-corrected chi connectivity index (χ3v) is 5.22. The number of aromatic nitrogens is 2. The molecule has 2 aromatic rings. The van der Waals surface area contributed by atoms with Gasteiger partial charge in [0.1, 0.15) is 0 Å². The lowest BCUT2D eigenvalue weighted by atomic mass is 9.93. The van der Waals surface area contributed by atoms with E-state index in [1.807, 2.05) is 24.0 Å². The summed E-state index contributed by atoms with van der Waals surface area (Å²) in [7, 11) is 3.53. The Hall–Kier alpha value is -2.83. The van der Waals surface area contributed by atoms with Crippen LogP contribution in [0, 0.1) is 5.92 Å². The molecule has 2 heterocycles. The van der Waals surface area contributed by atoms with E-state index >= 15 is 0 Å². The van der Waals surface area contributed by atoms with Crippen LogP contribution in [0.1, 0.15) is 30.4 Å². The van der Waals surface area contributed by atoms with E-state index in [0.717, 1.165) is 45.0 Å². The van der Waals surface area contributed by atoms with Crippen LogP contribution in [0.15, 0.2) is 47.7 Å². The van der Waals surface area contributed by atoms with Gasteiger partial charge in [0, 0.05) is 52.5 Å². The molecule has 0 unspecified atom stereocenters. The highest BCUT2D eigenvalue weighted by Gasteiger charge is 2.22. The lowest BCUT2D eigenvalue weighted by Gasteiger charge is -2.34. The predicted molar refractivity (Wildman–Crippen MR) is 111 cm³/mol. The van der Waals surface area contributed by atoms with Crippen molar-refractivity contribution >= 4 is 11.9 Å². The van der Waals surface area contributed by atoms with Gasteiger partial charge in [0.15, 0.2) is 5.96 Å². The number of piperidine rings is 1. The van der Waals surface area contributed by atoms with Crippen LogP contribution < -0.4 is 10.6 Å². The molecule has 1 aliphatic heterocycles. The normalized spacial score (nSPS) is 15.5. The number of hydrogen-bond donors (Lipinski definition) is 2. The first-order chi connectivity index (χ1) is 13.7. The maximum atomic E-state index is 11.6. The van der Waals surface area contributed by atoms with Crippen LogP contribution in [0.5, 0.6) is 0 Å². The van der Waals surface area contributed by atoms with Crippen molar-refractivity contribution < 1.29 is 4.79 Å². The number of hydrogen-bond acceptors (Lipinski definition) is 3. The Kier molecular flexibility index (Phi) is 7.06. The zero-order valence-electron chi connectivity index (χ0n) is 16.8. The van der Waals surface area contributed by atoms with E-state index in [9.17, 15) is 4.79 Å². The fraction of sp³-hybridized carbons (Fsp3) is 0.476. The fourth-order valence-electron chi connectivity index (χ4n) is 3.65. The molecule has 0 radical (unpaired) electrons. The number of aliphatic imine (C=N–C) groups is 1. The van der Waals surface area contributed by atoms with Crippen LogP contribution >= 0.6 is 0 Å². The molecule has 0 atom stereocenters. The van der Waals surface area contributed by atoms with E-state index in [4.69, 9.17) is 0 Å². The number of nitrogens with zero attached hydrogens (tertiary/aromatic N) is 4. The number of nitrogens with one attached hydrogen (secondary N) is 2. The molecule has 1 amide bonds. The van der Waals surface area contributed by atoms with Gasteiger partial charge in [-0.25, -0.2) is 0 Å². The van der Waals surface area contributed by atoms with Gasteiger partial charge in [0.2, 0.25) is 5.91 Å². The highest BCUT2D eigenvalue weighted by Crippen LogP contribution is 2.20. The van der Waals surface area contributed by atoms with Crippen molar-refractivity contribution in [3.8, 4) is 0 Å². The molecule has 3 rings (SSSR count). The quantitative estimate of drug-likeness (QED) is 0.591. The average molecular weight is 383 g/mol. The minimum atomic E-state index is 0.135. The van der Waals surface area contributed by atoms with E-state index in [1.54, 1.807) is 13.2 Å². The summed E-state index contributed by atoms with van der Waals surface area (Å²) in [6.45, 7) is 3.37. The summed E-state index contributed by atoms with van der Waals surface area (Å²) in [4.78, 5) is 18.3. The number of guanidine groups is 1. The molecule has 1 fully saturated rings. The number of amides is 1. The molecule has 7 nitrogen and oxygen atoms in total. The van der Waals surface area contributed by atoms with Crippen LogP contribution in [0.25, 0.3) is 0 Å². The number of carbonyl (C=O) groups excluding carboxylic acids is 1. The zero-order chi connectivity index (χ0) is 19.8. The first-order valence-electron chi connectivity index (χ1n) is 9.89. The van der Waals surface area contributed by atoms with Gasteiger partial charge in [-0.15, -0.1) is 0 Å². The van der Waals surface area contributed by atoms with Gasteiger partial charge < -0.3 is 15.5 Å². The molecule has 0 spiro atoms. The second-order valence-electron chi connectivity index (χ2n) is 7.23. The lowest BCUT2D eigenvalue weighted by Crippen LogP contribution is -2.45. The van der Waals surface area contributed by atoms with Gasteiger partial charge in [-0.05, 0) is 36.0 Å². The van der Waals surface area contributed by atoms with Gasteiger partial charge in [-0.3, -0.25) is 14.5 Å². The molecule has 0 aliphatic carbocycles. The molecule has 7 heteroatoms. The summed E-state index contributed by atoms with van der Waals surface area (Å²) in [6.07, 6.45) is 6.44. The molecule has 1 aromatic carbocycles. The number of carbonyl (C=O) groups is 1. The van der Waals surface area contributed by atoms with Crippen LogP contribution in [0.3, 0.4) is 0 Å². The van der Waals surface area contributed by atoms with Crippen molar-refractivity contribution in [1.29, 1.82) is 0 Å². The van der Waals surface area contributed by atoms with Gasteiger partial charge in [-0.2, -0.15) is 5.10 Å². The Morgan fingerprint density at radius 3 is 2.71 bits per heavy atom. The molecule has 150 valence electrons. The highest BCUT2D eigenvalue weighted by molar-refractivity contribution is 5.80. The Bertz CT molecular complexity index is 778. The van der Waals surface area contributed by atoms with E-state index in [0.29, 0.717) is 12.3 Å². The van der Waals surface area contributed by atoms with Crippen molar-refractivity contribution in [3.63, 3.8) is 0 Å². The Balaban J connectivity index is 1.50. The summed E-state index contributed by atoms with van der Waals surface area (Å²) in [5.41, 5.74) is 2.45. The number of rotatable bonds is 6. The topological polar surface area (TPSA) is 74.5 Å². The first-order valence-corrected chi connectivity index (χ1v) is 9.89. The predicted octanol–water partition coefficient (Wildman–Crippen LogP) is 1.85. The molecule has 1 aliphatic rings. The fourth-order valence-corrected chi connectivity index (χ4v) is 3.65. The van der Waals surface area contributed by atoms with Crippen molar-refractivity contribution in [2.24, 2.45) is 10.9 Å². The number of likely N-dealkylation sites (tertiary alicyclic amines) is 1. The summed E-state index contributed by atoms with van der Waals surface area (Å²) >= 11 is 0. The highest BCUT2D eigenvalue weighted by atomic mass is 16.1. The largest absolute Gasteiger partial charge is 0.359 e. The third kappa shape index (κ3) is 5.58. The molecule has 2 N–H and O–H groups in total. The monoisotopic (exact) mass is 382 g/mol. The second kappa shape index (κ2) is 9.92. The minimum absolute atomic E-state index is 0.135. The molecule has 0 bridgehead atoms. The Morgan fingerprint density at radius 1 is 1.25 bits per heavy atom. The van der Waals surface area contributed by atoms with Gasteiger partial charge in [-0.1, -0.05) is 24.3 Å². The standard InChI is InChI=1S/C21H30N6O/c1-22-20(28)14-17-7-11-26(12-8-17)21(23-2)24-15-18-5-3-6-19(13-18)16-27-10-4-9-25-27/h3-6,9-10,13,17H,7-8,11-12,14-16H2,1-2H3,(H,22,28)(H,23,24). The average Bonchev–Trinajstić information content (AvgIpc) is 3.23. The van der Waals surface area contributed by atoms with E-state index in [-0.39, 0.29) is 5.91 Å². The molecule has 0 saturated carbocycles. The van der Waals surface area contributed by atoms with Gasteiger partial charge in [0.25, 0.3) is 0 Å². The van der Waals surface area contributed by atoms with Gasteiger partial charge >= 0.3 is 0 Å². The summed E-state index contributed by atoms with van der Waals surface area (Å²) in [5, 5.41) is 10.5. The van der Waals surface area contributed by atoms with Gasteiger partial charge in [0.05, 0.1) is 6.54 Å². The second-order valence-corrected chi connectivity index (χ2v) is 7.23. The maximum absolute atomic E-state index is 11.6. The third-order valence-electron chi connectivity index (χ3n) is 5.22. The Labute approximate surface area is 166 Å². The maximum Gasteiger partial charge on any atom is 0.220 e. The van der Waals surface area contributed by atoms with Crippen molar-refractivity contribution in [3.05, 3.63) is 53.9 Å². The molecule has 1 aromatic heterocycles. The Morgan fingerprint density at radius 2 is 2.04 bits per heavy atom. The van der Waals surface area contributed by atoms with Crippen LogP contribution in [-0.4, -0.2) is 53.7 Å². The molecular formula is C21H30N6O. The van der Waals surface area contributed by atoms with Crippen LogP contribution in [-0.2, 0) is 17.9 Å². The van der Waals surface area contributed by atoms with Crippen molar-refractivity contribution in [2.45, 2.75) is 32.4 Å². The summed E-state index contributed by atoms with van der Waals surface area (Å²) in [5.74, 6) is 1.53. The smallest absolute Gasteiger partial charge is 0.220 e. The van der Waals surface area contributed by atoms with E-state index in [1.165, 1.54) is 11.1 Å². The van der Waals surface area contributed by atoms with E-state index < -0.39 is 0 Å². The lowest BCUT2D eigenvalue weighted by molar-refractivity contribution is -0.121. The first kappa shape index (κ1) is 19.9. The minimum Gasteiger partial charge on any atom is -0.359 e. The van der Waals surface area contributed by atoms with Crippen molar-refractivity contribution in [1.82, 2.24) is 25.3 Å².